The first-order valence-corrected chi connectivity index (χ1v) is 6.88. The minimum absolute atomic E-state index is 0.0579. The zero-order valence-corrected chi connectivity index (χ0v) is 12.7. The summed E-state index contributed by atoms with van der Waals surface area (Å²) in [7, 11) is 1.29. The van der Waals surface area contributed by atoms with Crippen molar-refractivity contribution in [3.05, 3.63) is 17.8 Å². The second kappa shape index (κ2) is 8.08. The van der Waals surface area contributed by atoms with E-state index in [0.29, 0.717) is 37.6 Å². The first kappa shape index (κ1) is 16.7. The van der Waals surface area contributed by atoms with Crippen molar-refractivity contribution < 1.29 is 14.3 Å². The van der Waals surface area contributed by atoms with Gasteiger partial charge in [-0.05, 0) is 19.9 Å². The Labute approximate surface area is 124 Å². The van der Waals surface area contributed by atoms with Gasteiger partial charge in [-0.25, -0.2) is 9.78 Å². The van der Waals surface area contributed by atoms with Gasteiger partial charge in [0.15, 0.2) is 0 Å². The molecule has 0 spiro atoms. The average Bonchev–Trinajstić information content (AvgIpc) is 2.49. The summed E-state index contributed by atoms with van der Waals surface area (Å²) in [5.41, 5.74) is 6.25. The van der Waals surface area contributed by atoms with E-state index < -0.39 is 5.97 Å². The lowest BCUT2D eigenvalue weighted by Gasteiger charge is -2.18. The summed E-state index contributed by atoms with van der Waals surface area (Å²) in [5.74, 6) is -0.0988. The minimum Gasteiger partial charge on any atom is -0.465 e. The molecular weight excluding hydrogens is 272 g/mol. The molecule has 7 nitrogen and oxygen atoms in total. The van der Waals surface area contributed by atoms with E-state index in [4.69, 9.17) is 5.73 Å². The lowest BCUT2D eigenvalue weighted by molar-refractivity contribution is -0.130. The molecule has 0 unspecified atom stereocenters. The van der Waals surface area contributed by atoms with Crippen molar-refractivity contribution in [3.63, 3.8) is 0 Å². The SMILES string of the molecule is CCN(CC)C(=O)CCNc1ncc(N)cc1C(=O)OC. The highest BCUT2D eigenvalue weighted by Gasteiger charge is 2.14. The second-order valence-corrected chi connectivity index (χ2v) is 4.40. The Balaban J connectivity index is 2.67. The molecule has 0 radical (unpaired) electrons. The monoisotopic (exact) mass is 294 g/mol. The number of esters is 1. The number of hydrogen-bond acceptors (Lipinski definition) is 6. The number of amides is 1. The summed E-state index contributed by atoms with van der Waals surface area (Å²) in [5, 5.41) is 2.97. The molecule has 116 valence electrons. The molecule has 1 rings (SSSR count). The molecule has 3 N–H and O–H groups in total. The van der Waals surface area contributed by atoms with E-state index in [1.165, 1.54) is 19.4 Å². The standard InChI is InChI=1S/C14H22N4O3/c1-4-18(5-2)12(19)6-7-16-13-11(14(20)21-3)8-10(15)9-17-13/h8-9H,4-7,15H2,1-3H3,(H,16,17). The summed E-state index contributed by atoms with van der Waals surface area (Å²) in [6.07, 6.45) is 1.77. The van der Waals surface area contributed by atoms with Crippen LogP contribution in [-0.2, 0) is 9.53 Å². The molecule has 0 aliphatic carbocycles. The Morgan fingerprint density at radius 3 is 2.62 bits per heavy atom. The zero-order chi connectivity index (χ0) is 15.8. The predicted molar refractivity (Wildman–Crippen MR) is 81.0 cm³/mol. The summed E-state index contributed by atoms with van der Waals surface area (Å²) in [6.45, 7) is 5.62. The summed E-state index contributed by atoms with van der Waals surface area (Å²) < 4.78 is 4.68. The van der Waals surface area contributed by atoms with Crippen LogP contribution in [0.2, 0.25) is 0 Å². The molecule has 7 heteroatoms. The topological polar surface area (TPSA) is 97.5 Å². The third-order valence-corrected chi connectivity index (χ3v) is 3.06. The van der Waals surface area contributed by atoms with Crippen LogP contribution in [0.4, 0.5) is 11.5 Å². The molecule has 21 heavy (non-hydrogen) atoms. The fourth-order valence-electron chi connectivity index (χ4n) is 1.91. The highest BCUT2D eigenvalue weighted by molar-refractivity contribution is 5.95. The van der Waals surface area contributed by atoms with E-state index in [1.54, 1.807) is 4.90 Å². The van der Waals surface area contributed by atoms with Gasteiger partial charge in [0.25, 0.3) is 0 Å². The highest BCUT2D eigenvalue weighted by atomic mass is 16.5. The number of nitrogen functional groups attached to an aromatic ring is 1. The molecule has 0 saturated heterocycles. The number of ether oxygens (including phenoxy) is 1. The van der Waals surface area contributed by atoms with Gasteiger partial charge in [0.2, 0.25) is 5.91 Å². The van der Waals surface area contributed by atoms with Crippen LogP contribution in [0.1, 0.15) is 30.6 Å². The van der Waals surface area contributed by atoms with Crippen LogP contribution >= 0.6 is 0 Å². The number of carbonyl (C=O) groups is 2. The molecule has 0 aromatic carbocycles. The molecule has 1 aromatic heterocycles. The average molecular weight is 294 g/mol. The van der Waals surface area contributed by atoms with E-state index in [9.17, 15) is 9.59 Å². The van der Waals surface area contributed by atoms with E-state index >= 15 is 0 Å². The van der Waals surface area contributed by atoms with E-state index in [0.717, 1.165) is 0 Å². The molecule has 0 aliphatic rings. The van der Waals surface area contributed by atoms with E-state index in [1.807, 2.05) is 13.8 Å². The number of rotatable bonds is 7. The van der Waals surface area contributed by atoms with E-state index in [2.05, 4.69) is 15.0 Å². The molecule has 1 amide bonds. The largest absolute Gasteiger partial charge is 0.465 e. The van der Waals surface area contributed by atoms with Crippen LogP contribution in [-0.4, -0.2) is 48.5 Å². The Morgan fingerprint density at radius 2 is 2.05 bits per heavy atom. The molecule has 0 aliphatic heterocycles. The number of pyridine rings is 1. The first-order valence-electron chi connectivity index (χ1n) is 6.88. The van der Waals surface area contributed by atoms with Crippen molar-refractivity contribution >= 4 is 23.4 Å². The number of anilines is 2. The number of nitrogens with two attached hydrogens (primary N) is 1. The number of carbonyl (C=O) groups excluding carboxylic acids is 2. The Hall–Kier alpha value is -2.31. The quantitative estimate of drug-likeness (QED) is 0.731. The summed E-state index contributed by atoms with van der Waals surface area (Å²) >= 11 is 0. The lowest BCUT2D eigenvalue weighted by Crippen LogP contribution is -2.31. The van der Waals surface area contributed by atoms with E-state index in [-0.39, 0.29) is 11.5 Å². The van der Waals surface area contributed by atoms with Crippen LogP contribution in [0.25, 0.3) is 0 Å². The maximum Gasteiger partial charge on any atom is 0.341 e. The number of hydrogen-bond donors (Lipinski definition) is 2. The molecular formula is C14H22N4O3. The van der Waals surface area contributed by atoms with Crippen molar-refractivity contribution in [3.8, 4) is 0 Å². The molecule has 1 heterocycles. The van der Waals surface area contributed by atoms with Gasteiger partial charge in [0.05, 0.1) is 19.0 Å². The molecule has 0 bridgehead atoms. The van der Waals surface area contributed by atoms with Gasteiger partial charge < -0.3 is 20.7 Å². The fourth-order valence-corrected chi connectivity index (χ4v) is 1.91. The van der Waals surface area contributed by atoms with Gasteiger partial charge in [-0.2, -0.15) is 0 Å². The fraction of sp³-hybridized carbons (Fsp3) is 0.500. The van der Waals surface area contributed by atoms with Crippen molar-refractivity contribution in [1.29, 1.82) is 0 Å². The van der Waals surface area contributed by atoms with Crippen molar-refractivity contribution in [1.82, 2.24) is 9.88 Å². The van der Waals surface area contributed by atoms with Crippen molar-refractivity contribution in [2.75, 3.05) is 37.8 Å². The Bertz CT molecular complexity index is 501. The zero-order valence-electron chi connectivity index (χ0n) is 12.7. The van der Waals surface area contributed by atoms with Crippen LogP contribution in [0.15, 0.2) is 12.3 Å². The highest BCUT2D eigenvalue weighted by Crippen LogP contribution is 2.16. The lowest BCUT2D eigenvalue weighted by atomic mass is 10.2. The van der Waals surface area contributed by atoms with Gasteiger partial charge in [-0.15, -0.1) is 0 Å². The van der Waals surface area contributed by atoms with Gasteiger partial charge in [0, 0.05) is 26.1 Å². The first-order chi connectivity index (χ1) is 10.0. The van der Waals surface area contributed by atoms with Gasteiger partial charge in [-0.1, -0.05) is 0 Å². The summed E-state index contributed by atoms with van der Waals surface area (Å²) in [4.78, 5) is 29.3. The predicted octanol–water partition coefficient (Wildman–Crippen LogP) is 1.12. The third-order valence-electron chi connectivity index (χ3n) is 3.06. The van der Waals surface area contributed by atoms with Crippen LogP contribution in [0.5, 0.6) is 0 Å². The van der Waals surface area contributed by atoms with Crippen LogP contribution in [0, 0.1) is 0 Å². The number of nitrogens with one attached hydrogen (secondary N) is 1. The number of nitrogens with zero attached hydrogens (tertiary/aromatic N) is 2. The Kier molecular flexibility index (Phi) is 6.45. The van der Waals surface area contributed by atoms with Gasteiger partial charge in [0.1, 0.15) is 11.4 Å². The smallest absolute Gasteiger partial charge is 0.341 e. The number of aromatic nitrogens is 1. The molecule has 0 atom stereocenters. The Morgan fingerprint density at radius 1 is 1.38 bits per heavy atom. The van der Waals surface area contributed by atoms with Crippen LogP contribution < -0.4 is 11.1 Å². The molecule has 0 saturated carbocycles. The molecule has 1 aromatic rings. The van der Waals surface area contributed by atoms with Gasteiger partial charge >= 0.3 is 5.97 Å². The van der Waals surface area contributed by atoms with Crippen molar-refractivity contribution in [2.24, 2.45) is 0 Å². The summed E-state index contributed by atoms with van der Waals surface area (Å²) in [6, 6.07) is 1.49. The maximum absolute atomic E-state index is 11.9. The van der Waals surface area contributed by atoms with Gasteiger partial charge in [-0.3, -0.25) is 4.79 Å². The third kappa shape index (κ3) is 4.62. The maximum atomic E-state index is 11.9. The van der Waals surface area contributed by atoms with Crippen LogP contribution in [0.3, 0.4) is 0 Å². The van der Waals surface area contributed by atoms with Crippen molar-refractivity contribution in [2.45, 2.75) is 20.3 Å². The molecule has 0 fully saturated rings. The number of methoxy groups -OCH3 is 1. The minimum atomic E-state index is -0.521. The second-order valence-electron chi connectivity index (χ2n) is 4.40. The normalized spacial score (nSPS) is 10.0.